The van der Waals surface area contributed by atoms with Crippen LogP contribution in [-0.2, 0) is 4.74 Å². The van der Waals surface area contributed by atoms with Gasteiger partial charge in [-0.3, -0.25) is 0 Å². The molecule has 2 heterocycles. The first kappa shape index (κ1) is 11.8. The third-order valence-corrected chi connectivity index (χ3v) is 4.10. The largest absolute Gasteiger partial charge is 0.373 e. The average Bonchev–Trinajstić information content (AvgIpc) is 2.59. The summed E-state index contributed by atoms with van der Waals surface area (Å²) in [6.07, 6.45) is 0.123. The molecule has 0 aromatic carbocycles. The van der Waals surface area contributed by atoms with Crippen LogP contribution in [0.25, 0.3) is 0 Å². The van der Waals surface area contributed by atoms with Gasteiger partial charge in [0.2, 0.25) is 0 Å². The van der Waals surface area contributed by atoms with Crippen molar-refractivity contribution in [3.8, 4) is 0 Å². The normalized spacial score (nSPS) is 23.5. The fourth-order valence-corrected chi connectivity index (χ4v) is 2.70. The molecule has 4 nitrogen and oxygen atoms in total. The van der Waals surface area contributed by atoms with E-state index in [4.69, 9.17) is 10.5 Å². The summed E-state index contributed by atoms with van der Waals surface area (Å²) in [5.74, 6) is 0. The van der Waals surface area contributed by atoms with Crippen molar-refractivity contribution in [3.05, 3.63) is 10.6 Å². The fraction of sp³-hybridized carbons (Fsp3) is 0.727. The van der Waals surface area contributed by atoms with Crippen molar-refractivity contribution in [2.45, 2.75) is 32.9 Å². The van der Waals surface area contributed by atoms with Crippen LogP contribution in [0, 0.1) is 13.8 Å². The number of aromatic nitrogens is 1. The van der Waals surface area contributed by atoms with Crippen molar-refractivity contribution in [1.29, 1.82) is 0 Å². The van der Waals surface area contributed by atoms with Crippen LogP contribution >= 0.6 is 11.3 Å². The second-order valence-corrected chi connectivity index (χ2v) is 5.53. The van der Waals surface area contributed by atoms with Gasteiger partial charge in [-0.05, 0) is 20.8 Å². The van der Waals surface area contributed by atoms with E-state index in [0.717, 1.165) is 30.5 Å². The second kappa shape index (κ2) is 4.69. The van der Waals surface area contributed by atoms with Crippen molar-refractivity contribution in [2.24, 2.45) is 5.73 Å². The number of hydrogen-bond acceptors (Lipinski definition) is 5. The van der Waals surface area contributed by atoms with E-state index in [-0.39, 0.29) is 12.1 Å². The van der Waals surface area contributed by atoms with E-state index in [2.05, 4.69) is 23.7 Å². The van der Waals surface area contributed by atoms with E-state index in [1.165, 1.54) is 4.88 Å². The molecule has 5 heteroatoms. The molecule has 2 N–H and O–H groups in total. The minimum Gasteiger partial charge on any atom is -0.373 e. The number of nitrogens with zero attached hydrogens (tertiary/aromatic N) is 2. The second-order valence-electron chi connectivity index (χ2n) is 4.35. The number of hydrogen-bond donors (Lipinski definition) is 1. The third-order valence-electron chi connectivity index (χ3n) is 2.97. The summed E-state index contributed by atoms with van der Waals surface area (Å²) in [6, 6.07) is 0.0740. The molecule has 1 aromatic rings. The Balaban J connectivity index is 2.09. The molecule has 1 fully saturated rings. The lowest BCUT2D eigenvalue weighted by atomic mass is 10.1. The number of anilines is 1. The van der Waals surface area contributed by atoms with Gasteiger partial charge in [-0.25, -0.2) is 4.98 Å². The van der Waals surface area contributed by atoms with Crippen LogP contribution in [0.1, 0.15) is 17.5 Å². The van der Waals surface area contributed by atoms with E-state index in [9.17, 15) is 0 Å². The first-order valence-corrected chi connectivity index (χ1v) is 6.45. The minimum absolute atomic E-state index is 0.0740. The summed E-state index contributed by atoms with van der Waals surface area (Å²) in [7, 11) is 0. The van der Waals surface area contributed by atoms with Gasteiger partial charge < -0.3 is 15.4 Å². The highest BCUT2D eigenvalue weighted by Gasteiger charge is 2.25. The maximum absolute atomic E-state index is 5.87. The number of rotatable bonds is 2. The number of aryl methyl sites for hydroxylation is 2. The molecule has 0 radical (unpaired) electrons. The van der Waals surface area contributed by atoms with Crippen molar-refractivity contribution in [1.82, 2.24) is 4.98 Å². The zero-order chi connectivity index (χ0) is 11.7. The molecule has 16 heavy (non-hydrogen) atoms. The van der Waals surface area contributed by atoms with Crippen LogP contribution in [0.3, 0.4) is 0 Å². The van der Waals surface area contributed by atoms with Crippen LogP contribution in [0.2, 0.25) is 0 Å². The summed E-state index contributed by atoms with van der Waals surface area (Å²) in [5.41, 5.74) is 7.00. The number of ether oxygens (including phenoxy) is 1. The lowest BCUT2D eigenvalue weighted by Gasteiger charge is -2.34. The molecular formula is C11H19N3OS. The predicted molar refractivity (Wildman–Crippen MR) is 67.2 cm³/mol. The molecule has 1 aliphatic rings. The monoisotopic (exact) mass is 241 g/mol. The molecule has 1 aliphatic heterocycles. The highest BCUT2D eigenvalue weighted by atomic mass is 32.1. The minimum atomic E-state index is 0.0740. The van der Waals surface area contributed by atoms with Crippen molar-refractivity contribution >= 4 is 16.5 Å². The summed E-state index contributed by atoms with van der Waals surface area (Å²) >= 11 is 1.75. The molecular weight excluding hydrogens is 222 g/mol. The lowest BCUT2D eigenvalue weighted by Crippen LogP contribution is -2.49. The maximum Gasteiger partial charge on any atom is 0.185 e. The van der Waals surface area contributed by atoms with Gasteiger partial charge in [-0.1, -0.05) is 0 Å². The molecule has 2 rings (SSSR count). The summed E-state index contributed by atoms with van der Waals surface area (Å²) in [5, 5.41) is 1.10. The van der Waals surface area contributed by atoms with Crippen molar-refractivity contribution < 1.29 is 4.74 Å². The van der Waals surface area contributed by atoms with E-state index in [0.29, 0.717) is 0 Å². The lowest BCUT2D eigenvalue weighted by molar-refractivity contribution is 0.0276. The van der Waals surface area contributed by atoms with Gasteiger partial charge in [0.25, 0.3) is 0 Å². The molecule has 1 saturated heterocycles. The van der Waals surface area contributed by atoms with Crippen LogP contribution in [0.15, 0.2) is 0 Å². The van der Waals surface area contributed by atoms with Gasteiger partial charge in [-0.15, -0.1) is 11.3 Å². The van der Waals surface area contributed by atoms with Crippen LogP contribution in [-0.4, -0.2) is 36.8 Å². The van der Waals surface area contributed by atoms with E-state index < -0.39 is 0 Å². The Morgan fingerprint density at radius 1 is 1.56 bits per heavy atom. The third kappa shape index (κ3) is 2.36. The Morgan fingerprint density at radius 3 is 2.88 bits per heavy atom. The quantitative estimate of drug-likeness (QED) is 0.848. The van der Waals surface area contributed by atoms with Crippen LogP contribution in [0.5, 0.6) is 0 Å². The number of thiazole rings is 1. The van der Waals surface area contributed by atoms with Gasteiger partial charge >= 0.3 is 0 Å². The summed E-state index contributed by atoms with van der Waals surface area (Å²) in [4.78, 5) is 8.15. The fourth-order valence-electron chi connectivity index (χ4n) is 1.76. The average molecular weight is 241 g/mol. The van der Waals surface area contributed by atoms with Crippen molar-refractivity contribution in [3.63, 3.8) is 0 Å². The molecule has 2 atom stereocenters. The Labute approximate surface area is 100 Å². The zero-order valence-electron chi connectivity index (χ0n) is 10.1. The number of morpholine rings is 1. The van der Waals surface area contributed by atoms with Crippen LogP contribution < -0.4 is 10.6 Å². The standard InChI is InChI=1S/C11H19N3OS/c1-7(12)10-6-14(4-5-15-10)11-13-8(2)9(3)16-11/h7,10H,4-6,12H2,1-3H3. The Hall–Kier alpha value is -0.650. The van der Waals surface area contributed by atoms with E-state index >= 15 is 0 Å². The molecule has 0 saturated carbocycles. The van der Waals surface area contributed by atoms with Crippen LogP contribution in [0.4, 0.5) is 5.13 Å². The molecule has 1 aromatic heterocycles. The maximum atomic E-state index is 5.87. The highest BCUT2D eigenvalue weighted by Crippen LogP contribution is 2.26. The Bertz CT molecular complexity index is 345. The van der Waals surface area contributed by atoms with E-state index in [1.807, 2.05) is 6.92 Å². The zero-order valence-corrected chi connectivity index (χ0v) is 10.9. The Kier molecular flexibility index (Phi) is 3.47. The molecule has 90 valence electrons. The topological polar surface area (TPSA) is 51.4 Å². The first-order valence-electron chi connectivity index (χ1n) is 5.64. The van der Waals surface area contributed by atoms with Gasteiger partial charge in [0.1, 0.15) is 0 Å². The smallest absolute Gasteiger partial charge is 0.185 e. The van der Waals surface area contributed by atoms with Crippen molar-refractivity contribution in [2.75, 3.05) is 24.6 Å². The SMILES string of the molecule is Cc1nc(N2CCOC(C(C)N)C2)sc1C. The molecule has 0 aliphatic carbocycles. The van der Waals surface area contributed by atoms with Gasteiger partial charge in [0, 0.05) is 24.0 Å². The van der Waals surface area contributed by atoms with Gasteiger partial charge in [0.05, 0.1) is 18.4 Å². The van der Waals surface area contributed by atoms with Gasteiger partial charge in [0.15, 0.2) is 5.13 Å². The molecule has 2 unspecified atom stereocenters. The van der Waals surface area contributed by atoms with Gasteiger partial charge in [-0.2, -0.15) is 0 Å². The molecule has 0 amide bonds. The highest BCUT2D eigenvalue weighted by molar-refractivity contribution is 7.15. The first-order chi connectivity index (χ1) is 7.58. The summed E-state index contributed by atoms with van der Waals surface area (Å²) in [6.45, 7) is 8.66. The predicted octanol–water partition coefficient (Wildman–Crippen LogP) is 1.31. The molecule has 0 bridgehead atoms. The number of nitrogens with two attached hydrogens (primary N) is 1. The summed E-state index contributed by atoms with van der Waals surface area (Å²) < 4.78 is 5.64. The Morgan fingerprint density at radius 2 is 2.31 bits per heavy atom. The van der Waals surface area contributed by atoms with E-state index in [1.54, 1.807) is 11.3 Å². The molecule has 0 spiro atoms.